The van der Waals surface area contributed by atoms with Crippen molar-refractivity contribution in [3.05, 3.63) is 59.2 Å². The molecule has 0 radical (unpaired) electrons. The summed E-state index contributed by atoms with van der Waals surface area (Å²) in [5, 5.41) is 0. The van der Waals surface area contributed by atoms with E-state index in [1.54, 1.807) is 0 Å². The van der Waals surface area contributed by atoms with Crippen LogP contribution in [0.15, 0.2) is 42.5 Å². The smallest absolute Gasteiger partial charge is 0.268 e. The summed E-state index contributed by atoms with van der Waals surface area (Å²) in [5.74, 6) is 0.844. The highest BCUT2D eigenvalue weighted by Crippen LogP contribution is 2.33. The zero-order valence-corrected chi connectivity index (χ0v) is 15.0. The first kappa shape index (κ1) is 16.2. The molecule has 2 unspecified atom stereocenters. The fraction of sp³-hybridized carbons (Fsp3) is 0.409. The van der Waals surface area contributed by atoms with Gasteiger partial charge in [0.15, 0.2) is 6.10 Å². The lowest BCUT2D eigenvalue weighted by Crippen LogP contribution is -2.43. The van der Waals surface area contributed by atoms with Gasteiger partial charge in [-0.15, -0.1) is 0 Å². The molecular weight excluding hydrogens is 310 g/mol. The Labute approximate surface area is 149 Å². The molecule has 1 aliphatic heterocycles. The highest BCUT2D eigenvalue weighted by atomic mass is 16.5. The van der Waals surface area contributed by atoms with Gasteiger partial charge < -0.3 is 9.64 Å². The van der Waals surface area contributed by atoms with Gasteiger partial charge in [0.2, 0.25) is 0 Å². The summed E-state index contributed by atoms with van der Waals surface area (Å²) in [6, 6.07) is 14.6. The molecule has 130 valence electrons. The average Bonchev–Trinajstić information content (AvgIpc) is 2.96. The van der Waals surface area contributed by atoms with Gasteiger partial charge in [-0.3, -0.25) is 4.79 Å². The molecule has 2 aromatic rings. The van der Waals surface area contributed by atoms with Gasteiger partial charge in [0.25, 0.3) is 5.91 Å². The van der Waals surface area contributed by atoms with Crippen LogP contribution < -0.4 is 9.64 Å². The first-order chi connectivity index (χ1) is 12.1. The van der Waals surface area contributed by atoms with Crippen LogP contribution in [-0.2, 0) is 24.1 Å². The Bertz CT molecular complexity index is 798. The fourth-order valence-electron chi connectivity index (χ4n) is 4.13. The minimum Gasteiger partial charge on any atom is -0.481 e. The Kier molecular flexibility index (Phi) is 4.24. The largest absolute Gasteiger partial charge is 0.481 e. The van der Waals surface area contributed by atoms with Crippen molar-refractivity contribution in [1.82, 2.24) is 0 Å². The van der Waals surface area contributed by atoms with Gasteiger partial charge in [0, 0.05) is 11.7 Å². The lowest BCUT2D eigenvalue weighted by Gasteiger charge is -2.26. The molecule has 1 heterocycles. The molecule has 0 saturated carbocycles. The van der Waals surface area contributed by atoms with Crippen molar-refractivity contribution < 1.29 is 9.53 Å². The topological polar surface area (TPSA) is 29.5 Å². The van der Waals surface area contributed by atoms with Crippen molar-refractivity contribution >= 4 is 11.6 Å². The number of hydrogen-bond acceptors (Lipinski definition) is 2. The second-order valence-corrected chi connectivity index (χ2v) is 7.29. The van der Waals surface area contributed by atoms with E-state index in [1.165, 1.54) is 29.5 Å². The number of rotatable bonds is 3. The number of benzene rings is 2. The van der Waals surface area contributed by atoms with E-state index >= 15 is 0 Å². The van der Waals surface area contributed by atoms with E-state index in [4.69, 9.17) is 4.74 Å². The number of amides is 1. The Morgan fingerprint density at radius 1 is 1.08 bits per heavy atom. The lowest BCUT2D eigenvalue weighted by atomic mass is 9.92. The maximum atomic E-state index is 13.0. The number of aryl methyl sites for hydroxylation is 2. The minimum atomic E-state index is -0.491. The van der Waals surface area contributed by atoms with Crippen LogP contribution in [0.5, 0.6) is 5.75 Å². The molecule has 2 atom stereocenters. The maximum absolute atomic E-state index is 13.0. The van der Waals surface area contributed by atoms with E-state index in [-0.39, 0.29) is 11.9 Å². The molecule has 3 nitrogen and oxygen atoms in total. The average molecular weight is 335 g/mol. The summed E-state index contributed by atoms with van der Waals surface area (Å²) in [5.41, 5.74) is 5.08. The van der Waals surface area contributed by atoms with E-state index < -0.39 is 6.10 Å². The molecule has 4 rings (SSSR count). The number of hydrogen-bond donors (Lipinski definition) is 0. The summed E-state index contributed by atoms with van der Waals surface area (Å²) in [7, 11) is 0. The van der Waals surface area contributed by atoms with Gasteiger partial charge in [0.1, 0.15) is 5.75 Å². The van der Waals surface area contributed by atoms with E-state index in [1.807, 2.05) is 36.1 Å². The monoisotopic (exact) mass is 335 g/mol. The molecule has 2 aliphatic rings. The van der Waals surface area contributed by atoms with Crippen LogP contribution >= 0.6 is 0 Å². The number of fused-ring (bicyclic) bond motifs is 2. The Morgan fingerprint density at radius 2 is 1.84 bits per heavy atom. The van der Waals surface area contributed by atoms with Gasteiger partial charge >= 0.3 is 0 Å². The summed E-state index contributed by atoms with van der Waals surface area (Å²) in [6.07, 6.45) is 5.21. The van der Waals surface area contributed by atoms with Gasteiger partial charge in [-0.05, 0) is 80.8 Å². The van der Waals surface area contributed by atoms with Gasteiger partial charge in [-0.2, -0.15) is 0 Å². The summed E-state index contributed by atoms with van der Waals surface area (Å²) < 4.78 is 6.03. The normalized spacial score (nSPS) is 19.9. The molecule has 0 fully saturated rings. The van der Waals surface area contributed by atoms with Gasteiger partial charge in [0.05, 0.1) is 0 Å². The lowest BCUT2D eigenvalue weighted by molar-refractivity contribution is -0.124. The number of para-hydroxylation sites is 1. The third kappa shape index (κ3) is 3.04. The fourth-order valence-corrected chi connectivity index (χ4v) is 4.13. The minimum absolute atomic E-state index is 0.0372. The van der Waals surface area contributed by atoms with E-state index in [0.717, 1.165) is 30.7 Å². The molecular formula is C22H25NO2. The Morgan fingerprint density at radius 3 is 2.68 bits per heavy atom. The van der Waals surface area contributed by atoms with E-state index in [2.05, 4.69) is 25.1 Å². The van der Waals surface area contributed by atoms with Crippen molar-refractivity contribution in [2.75, 3.05) is 4.90 Å². The number of carbonyl (C=O) groups excluding carboxylic acids is 1. The van der Waals surface area contributed by atoms with Crippen molar-refractivity contribution in [3.63, 3.8) is 0 Å². The molecule has 0 spiro atoms. The number of ether oxygens (including phenoxy) is 1. The van der Waals surface area contributed by atoms with Crippen LogP contribution in [0.3, 0.4) is 0 Å². The zero-order valence-electron chi connectivity index (χ0n) is 15.0. The highest BCUT2D eigenvalue weighted by molar-refractivity contribution is 5.99. The molecule has 0 saturated heterocycles. The van der Waals surface area contributed by atoms with E-state index in [0.29, 0.717) is 0 Å². The van der Waals surface area contributed by atoms with Gasteiger partial charge in [-0.1, -0.05) is 24.3 Å². The van der Waals surface area contributed by atoms with Crippen molar-refractivity contribution in [2.24, 2.45) is 0 Å². The standard InChI is InChI=1S/C22H25NO2/c1-15-13-19-9-5-6-10-21(19)23(15)22(24)16(2)25-20-12-11-17-7-3-4-8-18(17)14-20/h5-6,9-12,14-16H,3-4,7-8,13H2,1-2H3. The van der Waals surface area contributed by atoms with Crippen LogP contribution in [0.1, 0.15) is 43.4 Å². The van der Waals surface area contributed by atoms with Crippen LogP contribution in [0.4, 0.5) is 5.69 Å². The maximum Gasteiger partial charge on any atom is 0.268 e. The van der Waals surface area contributed by atoms with Crippen LogP contribution in [0, 0.1) is 0 Å². The first-order valence-electron chi connectivity index (χ1n) is 9.33. The molecule has 2 aromatic carbocycles. The summed E-state index contributed by atoms with van der Waals surface area (Å²) in [6.45, 7) is 3.96. The molecule has 3 heteroatoms. The molecule has 25 heavy (non-hydrogen) atoms. The van der Waals surface area contributed by atoms with Crippen LogP contribution in [0.2, 0.25) is 0 Å². The molecule has 1 amide bonds. The van der Waals surface area contributed by atoms with Crippen molar-refractivity contribution in [1.29, 1.82) is 0 Å². The van der Waals surface area contributed by atoms with Crippen LogP contribution in [0.25, 0.3) is 0 Å². The quantitative estimate of drug-likeness (QED) is 0.836. The summed E-state index contributed by atoms with van der Waals surface area (Å²) >= 11 is 0. The third-order valence-electron chi connectivity index (χ3n) is 5.43. The third-order valence-corrected chi connectivity index (χ3v) is 5.43. The summed E-state index contributed by atoms with van der Waals surface area (Å²) in [4.78, 5) is 14.9. The molecule has 0 N–H and O–H groups in total. The van der Waals surface area contributed by atoms with Crippen molar-refractivity contribution in [3.8, 4) is 5.75 Å². The second kappa shape index (κ2) is 6.55. The van der Waals surface area contributed by atoms with Gasteiger partial charge in [-0.25, -0.2) is 0 Å². The highest BCUT2D eigenvalue weighted by Gasteiger charge is 2.33. The molecule has 0 bridgehead atoms. The predicted molar refractivity (Wildman–Crippen MR) is 100 cm³/mol. The SMILES string of the molecule is CC(Oc1ccc2c(c1)CCCC2)C(=O)N1c2ccccc2CC1C. The van der Waals surface area contributed by atoms with Crippen molar-refractivity contribution in [2.45, 2.75) is 58.1 Å². The van der Waals surface area contributed by atoms with E-state index in [9.17, 15) is 4.79 Å². The molecule has 1 aliphatic carbocycles. The predicted octanol–water partition coefficient (Wildman–Crippen LogP) is 4.31. The number of nitrogens with zero attached hydrogens (tertiary/aromatic N) is 1. The zero-order chi connectivity index (χ0) is 17.4. The Balaban J connectivity index is 1.51. The second-order valence-electron chi connectivity index (χ2n) is 7.29. The van der Waals surface area contributed by atoms with Crippen LogP contribution in [-0.4, -0.2) is 18.1 Å². The number of carbonyl (C=O) groups is 1. The first-order valence-corrected chi connectivity index (χ1v) is 9.33. The number of anilines is 1. The Hall–Kier alpha value is -2.29. The molecule has 0 aromatic heterocycles.